The molecule has 0 aliphatic carbocycles. The largest absolute Gasteiger partial charge is 0.479 e. The summed E-state index contributed by atoms with van der Waals surface area (Å²) in [6.07, 6.45) is -0.564. The number of aliphatic carboxylic acids is 1. The lowest BCUT2D eigenvalue weighted by atomic mass is 10.1. The first-order chi connectivity index (χ1) is 11.0. The molecule has 7 nitrogen and oxygen atoms in total. The Hall–Kier alpha value is -2.41. The molecular weight excluding hydrogens is 300 g/mol. The monoisotopic (exact) mass is 318 g/mol. The third-order valence-electron chi connectivity index (χ3n) is 4.25. The molecule has 122 valence electrons. The van der Waals surface area contributed by atoms with Crippen molar-refractivity contribution in [1.29, 1.82) is 0 Å². The number of carboxylic acid groups (broad SMARTS) is 1. The number of para-hydroxylation sites is 1. The van der Waals surface area contributed by atoms with Crippen molar-refractivity contribution in [2.24, 2.45) is 0 Å². The Morgan fingerprint density at radius 1 is 1.26 bits per heavy atom. The number of amides is 2. The van der Waals surface area contributed by atoms with Crippen LogP contribution in [0.3, 0.4) is 0 Å². The number of hydrogen-bond donors (Lipinski definition) is 1. The van der Waals surface area contributed by atoms with Crippen LogP contribution in [0.2, 0.25) is 0 Å². The van der Waals surface area contributed by atoms with Crippen LogP contribution < -0.4 is 4.90 Å². The van der Waals surface area contributed by atoms with Gasteiger partial charge in [-0.25, -0.2) is 4.79 Å². The molecule has 23 heavy (non-hydrogen) atoms. The molecule has 0 radical (unpaired) electrons. The fourth-order valence-corrected chi connectivity index (χ4v) is 3.18. The van der Waals surface area contributed by atoms with Crippen LogP contribution in [0.1, 0.15) is 12.5 Å². The Bertz CT molecular complexity index is 660. The summed E-state index contributed by atoms with van der Waals surface area (Å²) >= 11 is 0. The molecule has 1 saturated heterocycles. The Kier molecular flexibility index (Phi) is 4.04. The van der Waals surface area contributed by atoms with Gasteiger partial charge >= 0.3 is 5.97 Å². The molecular formula is C16H18N2O5. The number of morpholine rings is 1. The van der Waals surface area contributed by atoms with Crippen molar-refractivity contribution in [1.82, 2.24) is 4.90 Å². The van der Waals surface area contributed by atoms with Crippen molar-refractivity contribution < 1.29 is 24.2 Å². The molecule has 2 aliphatic heterocycles. The topological polar surface area (TPSA) is 87.2 Å². The van der Waals surface area contributed by atoms with Gasteiger partial charge in [0.25, 0.3) is 0 Å². The molecule has 1 aromatic carbocycles. The molecule has 1 fully saturated rings. The van der Waals surface area contributed by atoms with E-state index in [-0.39, 0.29) is 25.0 Å². The van der Waals surface area contributed by atoms with E-state index in [0.717, 1.165) is 11.3 Å². The predicted molar refractivity (Wildman–Crippen MR) is 81.0 cm³/mol. The molecule has 2 heterocycles. The van der Waals surface area contributed by atoms with E-state index in [1.54, 1.807) is 0 Å². The smallest absolute Gasteiger partial charge is 0.334 e. The van der Waals surface area contributed by atoms with Gasteiger partial charge in [-0.1, -0.05) is 18.2 Å². The number of rotatable bonds is 2. The first-order valence-electron chi connectivity index (χ1n) is 7.50. The van der Waals surface area contributed by atoms with Crippen LogP contribution in [0.15, 0.2) is 24.3 Å². The summed E-state index contributed by atoms with van der Waals surface area (Å²) < 4.78 is 5.14. The van der Waals surface area contributed by atoms with Crippen LogP contribution in [0, 0.1) is 0 Å². The highest BCUT2D eigenvalue weighted by atomic mass is 16.5. The summed E-state index contributed by atoms with van der Waals surface area (Å²) in [6, 6.07) is 6.81. The lowest BCUT2D eigenvalue weighted by molar-refractivity contribution is -0.159. The van der Waals surface area contributed by atoms with E-state index >= 15 is 0 Å². The Labute approximate surface area is 133 Å². The molecule has 1 aromatic rings. The van der Waals surface area contributed by atoms with Crippen molar-refractivity contribution >= 4 is 23.5 Å². The summed E-state index contributed by atoms with van der Waals surface area (Å²) in [4.78, 5) is 38.9. The van der Waals surface area contributed by atoms with E-state index in [4.69, 9.17) is 9.84 Å². The van der Waals surface area contributed by atoms with Crippen LogP contribution in [-0.2, 0) is 25.5 Å². The number of benzene rings is 1. The lowest BCUT2D eigenvalue weighted by Crippen LogP contribution is -2.55. The number of fused-ring (bicyclic) bond motifs is 1. The van der Waals surface area contributed by atoms with E-state index in [2.05, 4.69) is 0 Å². The van der Waals surface area contributed by atoms with E-state index < -0.39 is 18.1 Å². The lowest BCUT2D eigenvalue weighted by Gasteiger charge is -2.34. The van der Waals surface area contributed by atoms with E-state index in [0.29, 0.717) is 13.0 Å². The van der Waals surface area contributed by atoms with Crippen molar-refractivity contribution in [3.8, 4) is 0 Å². The van der Waals surface area contributed by atoms with E-state index in [9.17, 15) is 14.4 Å². The minimum absolute atomic E-state index is 0.00670. The first kappa shape index (κ1) is 15.5. The maximum Gasteiger partial charge on any atom is 0.334 e. The van der Waals surface area contributed by atoms with Gasteiger partial charge in [0.15, 0.2) is 6.10 Å². The molecule has 7 heteroatoms. The molecule has 0 spiro atoms. The minimum Gasteiger partial charge on any atom is -0.479 e. The maximum atomic E-state index is 12.8. The average molecular weight is 318 g/mol. The maximum absolute atomic E-state index is 12.8. The summed E-state index contributed by atoms with van der Waals surface area (Å²) in [5.41, 5.74) is 1.70. The van der Waals surface area contributed by atoms with Crippen LogP contribution in [-0.4, -0.2) is 59.6 Å². The second-order valence-corrected chi connectivity index (χ2v) is 5.72. The van der Waals surface area contributed by atoms with E-state index in [1.807, 2.05) is 24.3 Å². The molecule has 2 aliphatic rings. The molecule has 2 atom stereocenters. The van der Waals surface area contributed by atoms with Crippen LogP contribution in [0.5, 0.6) is 0 Å². The van der Waals surface area contributed by atoms with E-state index in [1.165, 1.54) is 16.7 Å². The predicted octanol–water partition coefficient (Wildman–Crippen LogP) is 0.276. The minimum atomic E-state index is -1.08. The number of anilines is 1. The van der Waals surface area contributed by atoms with Gasteiger partial charge in [-0.05, 0) is 11.6 Å². The molecule has 0 bridgehead atoms. The number of carbonyl (C=O) groups is 3. The third kappa shape index (κ3) is 2.79. The van der Waals surface area contributed by atoms with Gasteiger partial charge in [0, 0.05) is 25.6 Å². The third-order valence-corrected chi connectivity index (χ3v) is 4.25. The number of carbonyl (C=O) groups excluding carboxylic acids is 2. The van der Waals surface area contributed by atoms with Crippen molar-refractivity contribution in [2.75, 3.05) is 24.6 Å². The highest BCUT2D eigenvalue weighted by Gasteiger charge is 2.40. The number of ether oxygens (including phenoxy) is 1. The van der Waals surface area contributed by atoms with Gasteiger partial charge in [0.05, 0.1) is 13.2 Å². The standard InChI is InChI=1S/C16H18N2O5/c1-10(19)18-12-5-3-2-4-11(12)8-13(18)15(20)17-6-7-23-14(9-17)16(21)22/h2-5,13-14H,6-9H2,1H3,(H,21,22)/t13-,14+/m0/s1. The van der Waals surface area contributed by atoms with Gasteiger partial charge < -0.3 is 14.7 Å². The Morgan fingerprint density at radius 3 is 2.70 bits per heavy atom. The van der Waals surface area contributed by atoms with Crippen molar-refractivity contribution in [3.63, 3.8) is 0 Å². The highest BCUT2D eigenvalue weighted by Crippen LogP contribution is 2.33. The number of carboxylic acids is 1. The van der Waals surface area contributed by atoms with Crippen molar-refractivity contribution in [2.45, 2.75) is 25.5 Å². The second kappa shape index (κ2) is 6.00. The number of hydrogen-bond acceptors (Lipinski definition) is 4. The number of nitrogens with zero attached hydrogens (tertiary/aromatic N) is 2. The van der Waals surface area contributed by atoms with Gasteiger partial charge in [0.2, 0.25) is 11.8 Å². The second-order valence-electron chi connectivity index (χ2n) is 5.72. The summed E-state index contributed by atoms with van der Waals surface area (Å²) in [5, 5.41) is 9.06. The molecule has 3 rings (SSSR count). The zero-order chi connectivity index (χ0) is 16.6. The fraction of sp³-hybridized carbons (Fsp3) is 0.438. The summed E-state index contributed by atoms with van der Waals surface area (Å²) in [5.74, 6) is -1.51. The molecule has 0 aromatic heterocycles. The first-order valence-corrected chi connectivity index (χ1v) is 7.50. The summed E-state index contributed by atoms with van der Waals surface area (Å²) in [6.45, 7) is 1.96. The molecule has 1 N–H and O–H groups in total. The van der Waals surface area contributed by atoms with Crippen molar-refractivity contribution in [3.05, 3.63) is 29.8 Å². The van der Waals surface area contributed by atoms with Gasteiger partial charge in [-0.2, -0.15) is 0 Å². The average Bonchev–Trinajstić information content (AvgIpc) is 2.93. The highest BCUT2D eigenvalue weighted by molar-refractivity contribution is 6.02. The Balaban J connectivity index is 1.82. The molecule has 2 amide bonds. The fourth-order valence-electron chi connectivity index (χ4n) is 3.18. The zero-order valence-corrected chi connectivity index (χ0v) is 12.8. The van der Waals surface area contributed by atoms with Gasteiger partial charge in [0.1, 0.15) is 6.04 Å². The SMILES string of the molecule is CC(=O)N1c2ccccc2C[C@H]1C(=O)N1CCO[C@@H](C(=O)O)C1. The zero-order valence-electron chi connectivity index (χ0n) is 12.8. The van der Waals surface area contributed by atoms with Gasteiger partial charge in [-0.15, -0.1) is 0 Å². The normalized spacial score (nSPS) is 23.5. The van der Waals surface area contributed by atoms with Crippen LogP contribution in [0.4, 0.5) is 5.69 Å². The quantitative estimate of drug-likeness (QED) is 0.846. The van der Waals surface area contributed by atoms with Crippen LogP contribution in [0.25, 0.3) is 0 Å². The molecule has 0 saturated carbocycles. The molecule has 0 unspecified atom stereocenters. The Morgan fingerprint density at radius 2 is 2.00 bits per heavy atom. The van der Waals surface area contributed by atoms with Gasteiger partial charge in [-0.3, -0.25) is 14.5 Å². The summed E-state index contributed by atoms with van der Waals surface area (Å²) in [7, 11) is 0. The van der Waals surface area contributed by atoms with Crippen LogP contribution >= 0.6 is 0 Å².